The fourth-order valence-electron chi connectivity index (χ4n) is 3.97. The molecule has 19 heavy (non-hydrogen) atoms. The van der Waals surface area contributed by atoms with Crippen LogP contribution in [0.1, 0.15) is 62.2 Å². The lowest BCUT2D eigenvalue weighted by Crippen LogP contribution is -2.44. The van der Waals surface area contributed by atoms with Crippen molar-refractivity contribution in [2.75, 3.05) is 6.54 Å². The Morgan fingerprint density at radius 1 is 1.42 bits per heavy atom. The van der Waals surface area contributed by atoms with Crippen LogP contribution in [0.2, 0.25) is 0 Å². The SMILES string of the molecule is CCC(c1nc(CCl)cs1)N1CCCC2CCCC21. The van der Waals surface area contributed by atoms with E-state index in [0.29, 0.717) is 11.9 Å². The first-order valence-corrected chi connectivity index (χ1v) is 9.01. The Labute approximate surface area is 125 Å². The predicted molar refractivity (Wildman–Crippen MR) is 81.8 cm³/mol. The van der Waals surface area contributed by atoms with Crippen molar-refractivity contribution in [3.8, 4) is 0 Å². The van der Waals surface area contributed by atoms with Crippen molar-refractivity contribution >= 4 is 22.9 Å². The lowest BCUT2D eigenvalue weighted by atomic mass is 9.90. The largest absolute Gasteiger partial charge is 0.291 e. The van der Waals surface area contributed by atoms with Crippen molar-refractivity contribution in [2.45, 2.75) is 63.4 Å². The average molecular weight is 299 g/mol. The van der Waals surface area contributed by atoms with Gasteiger partial charge < -0.3 is 0 Å². The summed E-state index contributed by atoms with van der Waals surface area (Å²) in [6.07, 6.45) is 8.25. The number of aromatic nitrogens is 1. The van der Waals surface area contributed by atoms with Crippen molar-refractivity contribution < 1.29 is 0 Å². The molecule has 1 aromatic rings. The van der Waals surface area contributed by atoms with E-state index in [1.807, 2.05) is 0 Å². The number of hydrogen-bond donors (Lipinski definition) is 0. The number of piperidine rings is 1. The van der Waals surface area contributed by atoms with Crippen molar-refractivity contribution in [3.05, 3.63) is 16.1 Å². The third kappa shape index (κ3) is 2.70. The van der Waals surface area contributed by atoms with Gasteiger partial charge in [0, 0.05) is 11.4 Å². The van der Waals surface area contributed by atoms with Crippen LogP contribution in [0.3, 0.4) is 0 Å². The zero-order chi connectivity index (χ0) is 13.2. The standard InChI is InChI=1S/C15H23ClN2S/c1-2-13(15-17-12(9-16)10-19-15)18-8-4-6-11-5-3-7-14(11)18/h10-11,13-14H,2-9H2,1H3. The molecule has 2 heterocycles. The number of fused-ring (bicyclic) bond motifs is 1. The average Bonchev–Trinajstić information content (AvgIpc) is 3.08. The van der Waals surface area contributed by atoms with Crippen molar-refractivity contribution in [1.82, 2.24) is 9.88 Å². The number of alkyl halides is 1. The molecule has 0 aromatic carbocycles. The van der Waals surface area contributed by atoms with Crippen molar-refractivity contribution in [3.63, 3.8) is 0 Å². The van der Waals surface area contributed by atoms with Gasteiger partial charge in [-0.15, -0.1) is 22.9 Å². The Balaban J connectivity index is 1.80. The summed E-state index contributed by atoms with van der Waals surface area (Å²) in [6, 6.07) is 1.34. The maximum Gasteiger partial charge on any atom is 0.110 e. The molecule has 1 aliphatic heterocycles. The molecule has 0 N–H and O–H groups in total. The van der Waals surface area contributed by atoms with Crippen LogP contribution in [0.25, 0.3) is 0 Å². The van der Waals surface area contributed by atoms with Gasteiger partial charge >= 0.3 is 0 Å². The topological polar surface area (TPSA) is 16.1 Å². The molecule has 1 aliphatic carbocycles. The van der Waals surface area contributed by atoms with Gasteiger partial charge in [0.05, 0.1) is 17.6 Å². The number of hydrogen-bond acceptors (Lipinski definition) is 3. The highest BCUT2D eigenvalue weighted by Crippen LogP contribution is 2.42. The second kappa shape index (κ2) is 6.11. The van der Waals surface area contributed by atoms with Crippen LogP contribution in [0.5, 0.6) is 0 Å². The molecule has 3 unspecified atom stereocenters. The molecule has 3 atom stereocenters. The fourth-order valence-corrected chi connectivity index (χ4v) is 5.22. The summed E-state index contributed by atoms with van der Waals surface area (Å²) < 4.78 is 0. The van der Waals surface area contributed by atoms with Crippen LogP contribution in [0, 0.1) is 5.92 Å². The predicted octanol–water partition coefficient (Wildman–Crippen LogP) is 4.60. The van der Waals surface area contributed by atoms with Gasteiger partial charge in [0.25, 0.3) is 0 Å². The number of rotatable bonds is 4. The van der Waals surface area contributed by atoms with E-state index in [4.69, 9.17) is 16.6 Å². The van der Waals surface area contributed by atoms with E-state index in [-0.39, 0.29) is 0 Å². The molecule has 0 amide bonds. The summed E-state index contributed by atoms with van der Waals surface area (Å²) in [7, 11) is 0. The molecule has 3 rings (SSSR count). The van der Waals surface area contributed by atoms with Gasteiger partial charge in [0.2, 0.25) is 0 Å². The maximum atomic E-state index is 5.89. The molecule has 0 spiro atoms. The summed E-state index contributed by atoms with van der Waals surface area (Å²) in [5.74, 6) is 1.49. The van der Waals surface area contributed by atoms with Crippen LogP contribution < -0.4 is 0 Å². The van der Waals surface area contributed by atoms with E-state index in [2.05, 4.69) is 17.2 Å². The van der Waals surface area contributed by atoms with Crippen molar-refractivity contribution in [2.24, 2.45) is 5.92 Å². The molecule has 2 aliphatic rings. The highest BCUT2D eigenvalue weighted by Gasteiger charge is 2.38. The van der Waals surface area contributed by atoms with Gasteiger partial charge in [-0.1, -0.05) is 13.3 Å². The molecule has 106 valence electrons. The third-order valence-corrected chi connectivity index (χ3v) is 6.08. The quantitative estimate of drug-likeness (QED) is 0.755. The van der Waals surface area contributed by atoms with Crippen LogP contribution in [-0.2, 0) is 5.88 Å². The first-order valence-electron chi connectivity index (χ1n) is 7.59. The first-order chi connectivity index (χ1) is 9.33. The van der Waals surface area contributed by atoms with Crippen molar-refractivity contribution in [1.29, 1.82) is 0 Å². The Morgan fingerprint density at radius 3 is 3.00 bits per heavy atom. The Bertz CT molecular complexity index is 420. The molecule has 0 radical (unpaired) electrons. The summed E-state index contributed by atoms with van der Waals surface area (Å²) in [4.78, 5) is 7.50. The van der Waals surface area contributed by atoms with E-state index < -0.39 is 0 Å². The second-order valence-electron chi connectivity index (χ2n) is 5.87. The Kier molecular flexibility index (Phi) is 4.45. The maximum absolute atomic E-state index is 5.89. The van der Waals surface area contributed by atoms with E-state index in [1.165, 1.54) is 50.1 Å². The van der Waals surface area contributed by atoms with Gasteiger partial charge in [-0.25, -0.2) is 4.98 Å². The van der Waals surface area contributed by atoms with Crippen LogP contribution in [0.15, 0.2) is 5.38 Å². The minimum absolute atomic E-state index is 0.521. The lowest BCUT2D eigenvalue weighted by molar-refractivity contribution is 0.0646. The zero-order valence-corrected chi connectivity index (χ0v) is 13.2. The summed E-state index contributed by atoms with van der Waals surface area (Å²) in [5, 5.41) is 3.41. The number of halogens is 1. The monoisotopic (exact) mass is 298 g/mol. The van der Waals surface area contributed by atoms with Crippen LogP contribution in [0.4, 0.5) is 0 Å². The van der Waals surface area contributed by atoms with E-state index in [1.54, 1.807) is 11.3 Å². The Hall–Kier alpha value is -0.120. The molecule has 1 aromatic heterocycles. The molecule has 1 saturated carbocycles. The molecular formula is C15H23ClN2S. The molecule has 0 bridgehead atoms. The minimum Gasteiger partial charge on any atom is -0.291 e. The highest BCUT2D eigenvalue weighted by atomic mass is 35.5. The summed E-state index contributed by atoms with van der Waals surface area (Å²) in [6.45, 7) is 3.56. The van der Waals surface area contributed by atoms with Crippen LogP contribution >= 0.6 is 22.9 Å². The highest BCUT2D eigenvalue weighted by molar-refractivity contribution is 7.09. The molecule has 4 heteroatoms. The molecular weight excluding hydrogens is 276 g/mol. The second-order valence-corrected chi connectivity index (χ2v) is 7.03. The van der Waals surface area contributed by atoms with E-state index >= 15 is 0 Å². The minimum atomic E-state index is 0.521. The molecule has 2 fully saturated rings. The number of thiazole rings is 1. The molecule has 1 saturated heterocycles. The summed E-state index contributed by atoms with van der Waals surface area (Å²) >= 11 is 7.69. The van der Waals surface area contributed by atoms with E-state index in [0.717, 1.165) is 17.7 Å². The third-order valence-electron chi connectivity index (χ3n) is 4.81. The molecule has 2 nitrogen and oxygen atoms in total. The first kappa shape index (κ1) is 13.8. The van der Waals surface area contributed by atoms with E-state index in [9.17, 15) is 0 Å². The normalized spacial score (nSPS) is 29.4. The van der Waals surface area contributed by atoms with Crippen LogP contribution in [-0.4, -0.2) is 22.5 Å². The Morgan fingerprint density at radius 2 is 2.26 bits per heavy atom. The number of likely N-dealkylation sites (tertiary alicyclic amines) is 1. The van der Waals surface area contributed by atoms with Gasteiger partial charge in [0.1, 0.15) is 5.01 Å². The van der Waals surface area contributed by atoms with Gasteiger partial charge in [0.15, 0.2) is 0 Å². The summed E-state index contributed by atoms with van der Waals surface area (Å²) in [5.41, 5.74) is 1.04. The number of nitrogens with zero attached hydrogens (tertiary/aromatic N) is 2. The fraction of sp³-hybridized carbons (Fsp3) is 0.800. The zero-order valence-electron chi connectivity index (χ0n) is 11.6. The van der Waals surface area contributed by atoms with Gasteiger partial charge in [-0.2, -0.15) is 0 Å². The van der Waals surface area contributed by atoms with Gasteiger partial charge in [-0.05, 0) is 44.6 Å². The smallest absolute Gasteiger partial charge is 0.110 e. The van der Waals surface area contributed by atoms with Gasteiger partial charge in [-0.3, -0.25) is 4.90 Å². The lowest BCUT2D eigenvalue weighted by Gasteiger charge is -2.42.